The highest BCUT2D eigenvalue weighted by Gasteiger charge is 2.50. The zero-order valence-electron chi connectivity index (χ0n) is 12.2. The summed E-state index contributed by atoms with van der Waals surface area (Å²) < 4.78 is 13.0. The van der Waals surface area contributed by atoms with Gasteiger partial charge >= 0.3 is 0 Å². The minimum Gasteiger partial charge on any atom is -0.337 e. The van der Waals surface area contributed by atoms with Crippen LogP contribution in [0.25, 0.3) is 0 Å². The Morgan fingerprint density at radius 2 is 2.14 bits per heavy atom. The number of aromatic nitrogens is 1. The monoisotopic (exact) mass is 303 g/mol. The Hall–Kier alpha value is -1.98. The first kappa shape index (κ1) is 13.7. The van der Waals surface area contributed by atoms with E-state index in [1.807, 2.05) is 17.0 Å². The van der Waals surface area contributed by atoms with Gasteiger partial charge in [0.15, 0.2) is 0 Å². The van der Waals surface area contributed by atoms with Gasteiger partial charge in [-0.05, 0) is 31.4 Å². The van der Waals surface area contributed by atoms with Crippen LogP contribution >= 0.6 is 0 Å². The number of rotatable bonds is 2. The molecule has 0 radical (unpaired) electrons. The number of halogens is 1. The number of likely N-dealkylation sites (tertiary alicyclic amines) is 1. The van der Waals surface area contributed by atoms with E-state index >= 15 is 0 Å². The highest BCUT2D eigenvalue weighted by molar-refractivity contribution is 5.98. The molecule has 0 N–H and O–H groups in total. The fourth-order valence-electron chi connectivity index (χ4n) is 3.94. The Labute approximate surface area is 128 Å². The Balaban J connectivity index is 1.53. The van der Waals surface area contributed by atoms with Gasteiger partial charge in [0, 0.05) is 25.1 Å². The zero-order valence-corrected chi connectivity index (χ0v) is 12.2. The van der Waals surface area contributed by atoms with Crippen molar-refractivity contribution < 1.29 is 14.0 Å². The summed E-state index contributed by atoms with van der Waals surface area (Å²) in [6, 6.07) is 3.64. The van der Waals surface area contributed by atoms with Crippen LogP contribution in [0.1, 0.15) is 25.7 Å². The first-order chi connectivity index (χ1) is 10.6. The molecule has 116 valence electrons. The first-order valence-electron chi connectivity index (χ1n) is 7.82. The number of hydrogen-bond donors (Lipinski definition) is 0. The summed E-state index contributed by atoms with van der Waals surface area (Å²) in [6.07, 6.45) is 4.35. The topological polar surface area (TPSA) is 53.5 Å². The number of alkyl halides is 1. The molecule has 0 aromatic carbocycles. The summed E-state index contributed by atoms with van der Waals surface area (Å²) >= 11 is 0. The Bertz CT molecular complexity index is 603. The van der Waals surface area contributed by atoms with Crippen molar-refractivity contribution in [3.63, 3.8) is 0 Å². The second-order valence-corrected chi connectivity index (χ2v) is 6.40. The lowest BCUT2D eigenvalue weighted by Gasteiger charge is -2.34. The molecule has 2 aliphatic heterocycles. The molecule has 22 heavy (non-hydrogen) atoms. The molecule has 2 saturated heterocycles. The van der Waals surface area contributed by atoms with E-state index in [1.165, 1.54) is 0 Å². The molecule has 3 aliphatic rings. The second-order valence-electron chi connectivity index (χ2n) is 6.40. The fourth-order valence-corrected chi connectivity index (χ4v) is 3.94. The fraction of sp³-hybridized carbons (Fsp3) is 0.562. The number of carbonyl (C=O) groups excluding carboxylic acids is 2. The van der Waals surface area contributed by atoms with Gasteiger partial charge in [0.1, 0.15) is 6.17 Å². The van der Waals surface area contributed by atoms with Crippen molar-refractivity contribution in [2.75, 3.05) is 11.4 Å². The van der Waals surface area contributed by atoms with Crippen LogP contribution < -0.4 is 4.90 Å². The molecule has 4 rings (SSSR count). The van der Waals surface area contributed by atoms with Crippen molar-refractivity contribution in [1.29, 1.82) is 0 Å². The van der Waals surface area contributed by atoms with Crippen LogP contribution in [0.2, 0.25) is 0 Å². The molecule has 5 nitrogen and oxygen atoms in total. The van der Waals surface area contributed by atoms with Crippen molar-refractivity contribution in [2.24, 2.45) is 5.92 Å². The van der Waals surface area contributed by atoms with E-state index in [9.17, 15) is 14.0 Å². The van der Waals surface area contributed by atoms with Crippen molar-refractivity contribution in [3.05, 3.63) is 24.5 Å². The smallest absolute Gasteiger partial charge is 0.229 e. The molecule has 1 aromatic heterocycles. The summed E-state index contributed by atoms with van der Waals surface area (Å²) in [7, 11) is 0. The van der Waals surface area contributed by atoms with Crippen LogP contribution in [0, 0.1) is 5.92 Å². The van der Waals surface area contributed by atoms with Crippen LogP contribution in [0.3, 0.4) is 0 Å². The van der Waals surface area contributed by atoms with Gasteiger partial charge in [-0.15, -0.1) is 0 Å². The lowest BCUT2D eigenvalue weighted by molar-refractivity contribution is -0.141. The molecule has 6 heteroatoms. The van der Waals surface area contributed by atoms with Gasteiger partial charge in [-0.3, -0.25) is 14.6 Å². The average molecular weight is 303 g/mol. The van der Waals surface area contributed by atoms with Gasteiger partial charge in [0.2, 0.25) is 11.8 Å². The number of pyridine rings is 1. The molecule has 0 spiro atoms. The summed E-state index contributed by atoms with van der Waals surface area (Å²) in [4.78, 5) is 32.5. The molecule has 0 unspecified atom stereocenters. The lowest BCUT2D eigenvalue weighted by atomic mass is 9.82. The standard InChI is InChI=1S/C16H18FN3O2/c17-11-6-10(7-11)16(22)19-5-3-13-14(19)8-15(21)20(13)12-2-1-4-18-9-12/h1-2,4,9-11,13-14H,3,5-8H2/t10?,11?,13-,14+/m1/s1. The normalized spacial score (nSPS) is 33.8. The Morgan fingerprint density at radius 1 is 1.32 bits per heavy atom. The van der Waals surface area contributed by atoms with Crippen LogP contribution in [0.15, 0.2) is 24.5 Å². The van der Waals surface area contributed by atoms with E-state index in [0.717, 1.165) is 12.1 Å². The van der Waals surface area contributed by atoms with Gasteiger partial charge in [-0.25, -0.2) is 4.39 Å². The van der Waals surface area contributed by atoms with E-state index in [-0.39, 0.29) is 29.8 Å². The predicted molar refractivity (Wildman–Crippen MR) is 77.9 cm³/mol. The van der Waals surface area contributed by atoms with E-state index < -0.39 is 6.17 Å². The summed E-state index contributed by atoms with van der Waals surface area (Å²) in [5, 5.41) is 0. The zero-order chi connectivity index (χ0) is 15.3. The third-order valence-corrected chi connectivity index (χ3v) is 5.13. The third-order valence-electron chi connectivity index (χ3n) is 5.13. The highest BCUT2D eigenvalue weighted by atomic mass is 19.1. The summed E-state index contributed by atoms with van der Waals surface area (Å²) in [5.41, 5.74) is 0.793. The van der Waals surface area contributed by atoms with E-state index in [0.29, 0.717) is 25.8 Å². The van der Waals surface area contributed by atoms with E-state index in [4.69, 9.17) is 0 Å². The van der Waals surface area contributed by atoms with Crippen LogP contribution in [0.4, 0.5) is 10.1 Å². The van der Waals surface area contributed by atoms with Crippen molar-refractivity contribution in [1.82, 2.24) is 9.88 Å². The molecule has 0 bridgehead atoms. The minimum absolute atomic E-state index is 0.0295. The van der Waals surface area contributed by atoms with Gasteiger partial charge in [-0.1, -0.05) is 0 Å². The molecule has 3 heterocycles. The number of nitrogens with zero attached hydrogens (tertiary/aromatic N) is 3. The summed E-state index contributed by atoms with van der Waals surface area (Å²) in [5.74, 6) is -0.115. The molecule has 3 fully saturated rings. The highest BCUT2D eigenvalue weighted by Crippen LogP contribution is 2.39. The maximum atomic E-state index is 13.0. The largest absolute Gasteiger partial charge is 0.337 e. The molecular weight excluding hydrogens is 285 g/mol. The van der Waals surface area contributed by atoms with Crippen LogP contribution in [0.5, 0.6) is 0 Å². The number of anilines is 1. The molecule has 2 atom stereocenters. The number of carbonyl (C=O) groups is 2. The Morgan fingerprint density at radius 3 is 2.82 bits per heavy atom. The quantitative estimate of drug-likeness (QED) is 0.832. The number of amides is 2. The van der Waals surface area contributed by atoms with Crippen LogP contribution in [-0.4, -0.2) is 46.5 Å². The maximum absolute atomic E-state index is 13.0. The van der Waals surface area contributed by atoms with E-state index in [1.54, 1.807) is 17.3 Å². The summed E-state index contributed by atoms with van der Waals surface area (Å²) in [6.45, 7) is 0.658. The maximum Gasteiger partial charge on any atom is 0.229 e. The molecule has 1 aromatic rings. The minimum atomic E-state index is -0.829. The van der Waals surface area contributed by atoms with E-state index in [2.05, 4.69) is 4.98 Å². The molecule has 1 aliphatic carbocycles. The SMILES string of the molecule is O=C(C1CC(F)C1)N1CC[C@@H]2[C@@H]1CC(=O)N2c1cccnc1. The van der Waals surface area contributed by atoms with Gasteiger partial charge in [-0.2, -0.15) is 0 Å². The molecule has 1 saturated carbocycles. The van der Waals surface area contributed by atoms with Gasteiger partial charge in [0.05, 0.1) is 24.0 Å². The van der Waals surface area contributed by atoms with Gasteiger partial charge in [0.25, 0.3) is 0 Å². The van der Waals surface area contributed by atoms with Gasteiger partial charge < -0.3 is 9.80 Å². The Kier molecular flexibility index (Phi) is 3.13. The van der Waals surface area contributed by atoms with Crippen molar-refractivity contribution in [3.8, 4) is 0 Å². The number of hydrogen-bond acceptors (Lipinski definition) is 3. The van der Waals surface area contributed by atoms with Crippen LogP contribution in [-0.2, 0) is 9.59 Å². The molecule has 2 amide bonds. The lowest BCUT2D eigenvalue weighted by Crippen LogP contribution is -2.46. The number of fused-ring (bicyclic) bond motifs is 1. The first-order valence-corrected chi connectivity index (χ1v) is 7.82. The average Bonchev–Trinajstić information content (AvgIpc) is 3.02. The third kappa shape index (κ3) is 2.01. The predicted octanol–water partition coefficient (Wildman–Crippen LogP) is 1.54. The van der Waals surface area contributed by atoms with Crippen molar-refractivity contribution >= 4 is 17.5 Å². The van der Waals surface area contributed by atoms with Crippen molar-refractivity contribution in [2.45, 2.75) is 43.9 Å². The second kappa shape index (κ2) is 5.04. The molecular formula is C16H18FN3O2.